The number of methoxy groups -OCH3 is 2. The van der Waals surface area contributed by atoms with E-state index in [2.05, 4.69) is 0 Å². The van der Waals surface area contributed by atoms with Crippen LogP contribution in [-0.2, 0) is 4.79 Å². The second-order valence-corrected chi connectivity index (χ2v) is 7.84. The van der Waals surface area contributed by atoms with E-state index in [-0.39, 0.29) is 10.9 Å². The molecule has 1 fully saturated rings. The summed E-state index contributed by atoms with van der Waals surface area (Å²) in [6.07, 6.45) is 1.65. The van der Waals surface area contributed by atoms with E-state index in [1.54, 1.807) is 18.2 Å². The van der Waals surface area contributed by atoms with Crippen LogP contribution in [0.5, 0.6) is 11.5 Å². The first-order valence-electron chi connectivity index (χ1n) is 7.50. The summed E-state index contributed by atoms with van der Waals surface area (Å²) in [7, 11) is 2.98. The van der Waals surface area contributed by atoms with Crippen LogP contribution in [0, 0.1) is 5.82 Å². The van der Waals surface area contributed by atoms with E-state index in [9.17, 15) is 9.18 Å². The summed E-state index contributed by atoms with van der Waals surface area (Å²) < 4.78 is 24.2. The maximum atomic E-state index is 13.4. The first-order chi connectivity index (χ1) is 12.8. The van der Waals surface area contributed by atoms with E-state index in [0.717, 1.165) is 11.8 Å². The number of halogens is 3. The van der Waals surface area contributed by atoms with Crippen LogP contribution < -0.4 is 14.4 Å². The largest absolute Gasteiger partial charge is 0.493 e. The van der Waals surface area contributed by atoms with Crippen molar-refractivity contribution < 1.29 is 18.7 Å². The molecule has 2 aromatic rings. The Kier molecular flexibility index (Phi) is 5.95. The van der Waals surface area contributed by atoms with E-state index < -0.39 is 5.82 Å². The molecule has 140 valence electrons. The zero-order chi connectivity index (χ0) is 19.7. The molecule has 1 aliphatic heterocycles. The van der Waals surface area contributed by atoms with E-state index in [4.69, 9.17) is 44.9 Å². The topological polar surface area (TPSA) is 38.8 Å². The third kappa shape index (κ3) is 3.91. The number of benzene rings is 2. The number of carbonyl (C=O) groups is 1. The minimum atomic E-state index is -0.568. The van der Waals surface area contributed by atoms with Crippen LogP contribution in [0.4, 0.5) is 10.1 Å². The molecule has 0 atom stereocenters. The minimum Gasteiger partial charge on any atom is -0.493 e. The molecular weight excluding hydrogens is 432 g/mol. The molecular formula is C18H12Cl2FNO3S2. The highest BCUT2D eigenvalue weighted by molar-refractivity contribution is 8.27. The van der Waals surface area contributed by atoms with Crippen molar-refractivity contribution in [3.05, 3.63) is 56.7 Å². The SMILES string of the molecule is COc1cc(/C=C2\SC(=S)N(c3ccc(F)c(Cl)c3)C2=O)cc(Cl)c1OC. The highest BCUT2D eigenvalue weighted by Crippen LogP contribution is 2.40. The molecule has 0 unspecified atom stereocenters. The van der Waals surface area contributed by atoms with Crippen molar-refractivity contribution in [2.24, 2.45) is 0 Å². The minimum absolute atomic E-state index is 0.0859. The van der Waals surface area contributed by atoms with Gasteiger partial charge >= 0.3 is 0 Å². The van der Waals surface area contributed by atoms with Gasteiger partial charge in [0.05, 0.1) is 34.9 Å². The molecule has 0 aromatic heterocycles. The van der Waals surface area contributed by atoms with Gasteiger partial charge in [0.15, 0.2) is 15.8 Å². The van der Waals surface area contributed by atoms with Gasteiger partial charge in [-0.1, -0.05) is 47.2 Å². The van der Waals surface area contributed by atoms with E-state index in [1.165, 1.54) is 37.3 Å². The predicted octanol–water partition coefficient (Wildman–Crippen LogP) is 5.56. The van der Waals surface area contributed by atoms with Crippen molar-refractivity contribution in [3.63, 3.8) is 0 Å². The third-order valence-corrected chi connectivity index (χ3v) is 5.58. The lowest BCUT2D eigenvalue weighted by Gasteiger charge is -2.14. The average molecular weight is 444 g/mol. The molecule has 1 aliphatic rings. The predicted molar refractivity (Wildman–Crippen MR) is 112 cm³/mol. The zero-order valence-corrected chi connectivity index (χ0v) is 17.2. The molecule has 0 aliphatic carbocycles. The lowest BCUT2D eigenvalue weighted by Crippen LogP contribution is -2.27. The first kappa shape index (κ1) is 19.9. The van der Waals surface area contributed by atoms with Gasteiger partial charge in [-0.2, -0.15) is 0 Å². The number of thioether (sulfide) groups is 1. The number of nitrogens with zero attached hydrogens (tertiary/aromatic N) is 1. The molecule has 27 heavy (non-hydrogen) atoms. The number of carbonyl (C=O) groups excluding carboxylic acids is 1. The summed E-state index contributed by atoms with van der Waals surface area (Å²) in [5, 5.41) is 0.265. The molecule has 0 bridgehead atoms. The van der Waals surface area contributed by atoms with Crippen LogP contribution >= 0.6 is 47.2 Å². The monoisotopic (exact) mass is 443 g/mol. The molecule has 4 nitrogen and oxygen atoms in total. The van der Waals surface area contributed by atoms with Crippen molar-refractivity contribution in [2.75, 3.05) is 19.1 Å². The molecule has 1 saturated heterocycles. The standard InChI is InChI=1S/C18H12Cl2FNO3S2/c1-24-14-6-9(5-12(20)16(14)25-2)7-15-17(23)22(18(26)27-15)10-3-4-13(21)11(19)8-10/h3-8H,1-2H3/b15-7-. The van der Waals surface area contributed by atoms with Crippen LogP contribution in [-0.4, -0.2) is 24.4 Å². The third-order valence-electron chi connectivity index (χ3n) is 3.71. The van der Waals surface area contributed by atoms with Crippen LogP contribution in [0.2, 0.25) is 10.0 Å². The molecule has 1 amide bonds. The Bertz CT molecular complexity index is 981. The number of anilines is 1. The fraction of sp³-hybridized carbons (Fsp3) is 0.111. The van der Waals surface area contributed by atoms with Crippen molar-refractivity contribution in [1.82, 2.24) is 0 Å². The Hall–Kier alpha value is -1.80. The Morgan fingerprint density at radius 1 is 1.15 bits per heavy atom. The molecule has 1 heterocycles. The van der Waals surface area contributed by atoms with Gasteiger partial charge in [-0.25, -0.2) is 4.39 Å². The van der Waals surface area contributed by atoms with E-state index in [1.807, 2.05) is 0 Å². The van der Waals surface area contributed by atoms with Gasteiger partial charge in [-0.05, 0) is 42.0 Å². The lowest BCUT2D eigenvalue weighted by atomic mass is 10.1. The zero-order valence-electron chi connectivity index (χ0n) is 14.1. The fourth-order valence-electron chi connectivity index (χ4n) is 2.49. The van der Waals surface area contributed by atoms with Gasteiger partial charge in [0, 0.05) is 0 Å². The van der Waals surface area contributed by atoms with Gasteiger partial charge < -0.3 is 9.47 Å². The van der Waals surface area contributed by atoms with Crippen molar-refractivity contribution in [3.8, 4) is 11.5 Å². The normalized spacial score (nSPS) is 15.6. The van der Waals surface area contributed by atoms with E-state index >= 15 is 0 Å². The fourth-order valence-corrected chi connectivity index (χ4v) is 4.26. The Morgan fingerprint density at radius 3 is 2.52 bits per heavy atom. The smallest absolute Gasteiger partial charge is 0.270 e. The summed E-state index contributed by atoms with van der Waals surface area (Å²) in [5.41, 5.74) is 1.05. The summed E-state index contributed by atoms with van der Waals surface area (Å²) in [6.45, 7) is 0. The molecule has 3 rings (SSSR count). The summed E-state index contributed by atoms with van der Waals surface area (Å²) >= 11 is 18.5. The second-order valence-electron chi connectivity index (χ2n) is 5.35. The number of amides is 1. The molecule has 2 aromatic carbocycles. The van der Waals surface area contributed by atoms with Crippen molar-refractivity contribution in [1.29, 1.82) is 0 Å². The number of hydrogen-bond donors (Lipinski definition) is 0. The number of hydrogen-bond acceptors (Lipinski definition) is 5. The van der Waals surface area contributed by atoms with Crippen LogP contribution in [0.1, 0.15) is 5.56 Å². The molecule has 0 saturated carbocycles. The molecule has 0 spiro atoms. The Balaban J connectivity index is 1.97. The van der Waals surface area contributed by atoms with Crippen LogP contribution in [0.15, 0.2) is 35.2 Å². The summed E-state index contributed by atoms with van der Waals surface area (Å²) in [5.74, 6) is -0.0539. The molecule has 9 heteroatoms. The maximum absolute atomic E-state index is 13.4. The van der Waals surface area contributed by atoms with Crippen LogP contribution in [0.25, 0.3) is 6.08 Å². The number of ether oxygens (including phenoxy) is 2. The van der Waals surface area contributed by atoms with Gasteiger partial charge in [-0.3, -0.25) is 9.69 Å². The highest BCUT2D eigenvalue weighted by Gasteiger charge is 2.33. The van der Waals surface area contributed by atoms with E-state index in [0.29, 0.717) is 37.0 Å². The summed E-state index contributed by atoms with van der Waals surface area (Å²) in [4.78, 5) is 14.5. The molecule has 0 N–H and O–H groups in total. The number of thiocarbonyl (C=S) groups is 1. The Labute approximate surface area is 174 Å². The summed E-state index contributed by atoms with van der Waals surface area (Å²) in [6, 6.07) is 7.35. The van der Waals surface area contributed by atoms with Gasteiger partial charge in [0.1, 0.15) is 5.82 Å². The number of rotatable bonds is 4. The average Bonchev–Trinajstić information content (AvgIpc) is 2.90. The van der Waals surface area contributed by atoms with Gasteiger partial charge in [0.2, 0.25) is 0 Å². The van der Waals surface area contributed by atoms with Gasteiger partial charge in [0.25, 0.3) is 5.91 Å². The van der Waals surface area contributed by atoms with Crippen LogP contribution in [0.3, 0.4) is 0 Å². The Morgan fingerprint density at radius 2 is 1.89 bits per heavy atom. The van der Waals surface area contributed by atoms with Gasteiger partial charge in [-0.15, -0.1) is 0 Å². The highest BCUT2D eigenvalue weighted by atomic mass is 35.5. The lowest BCUT2D eigenvalue weighted by molar-refractivity contribution is -0.113. The van der Waals surface area contributed by atoms with Crippen molar-refractivity contribution in [2.45, 2.75) is 0 Å². The molecule has 0 radical (unpaired) electrons. The maximum Gasteiger partial charge on any atom is 0.270 e. The first-order valence-corrected chi connectivity index (χ1v) is 9.48. The van der Waals surface area contributed by atoms with Crippen molar-refractivity contribution >= 4 is 69.2 Å². The quantitative estimate of drug-likeness (QED) is 0.457. The second kappa shape index (κ2) is 8.06.